The van der Waals surface area contributed by atoms with E-state index in [1.165, 1.54) is 18.2 Å². The van der Waals surface area contributed by atoms with E-state index in [0.29, 0.717) is 12.8 Å². The van der Waals surface area contributed by atoms with Crippen LogP contribution in [0, 0.1) is 0 Å². The van der Waals surface area contributed by atoms with Crippen LogP contribution >= 0.6 is 0 Å². The minimum Gasteiger partial charge on any atom is -0.507 e. The Morgan fingerprint density at radius 2 is 1.47 bits per heavy atom. The van der Waals surface area contributed by atoms with Gasteiger partial charge in [0, 0.05) is 54.8 Å². The number of Topliss-reactive ketones (excluding diaryl/α,β-unsaturated/α-hetero) is 1. The molecule has 0 bridgehead atoms. The predicted octanol–water partition coefficient (Wildman–Crippen LogP) is 2.86. The van der Waals surface area contributed by atoms with Gasteiger partial charge in [0.15, 0.2) is 30.4 Å². The average Bonchev–Trinajstić information content (AvgIpc) is 3.18. The van der Waals surface area contributed by atoms with Gasteiger partial charge in [-0.25, -0.2) is 0 Å². The Kier molecular flexibility index (Phi) is 12.0. The fraction of sp³-hybridized carbons (Fsp3) is 0.619. The number of ketones is 3. The first-order valence-corrected chi connectivity index (χ1v) is 20.0. The molecular formula is C42H53NO16. The van der Waals surface area contributed by atoms with Crippen LogP contribution in [-0.4, -0.2) is 142 Å². The van der Waals surface area contributed by atoms with Gasteiger partial charge in [0.2, 0.25) is 5.78 Å². The number of phenolic OH excluding ortho intramolecular Hbond substituents is 3. The number of hydrogen-bond donors (Lipinski definition) is 5. The summed E-state index contributed by atoms with van der Waals surface area (Å²) in [6, 6.07) is 3.49. The molecule has 2 aliphatic carbocycles. The summed E-state index contributed by atoms with van der Waals surface area (Å²) < 4.78 is 42.4. The third-order valence-corrected chi connectivity index (χ3v) is 12.5. The van der Waals surface area contributed by atoms with Gasteiger partial charge in [-0.2, -0.15) is 0 Å². The van der Waals surface area contributed by atoms with E-state index < -0.39 is 119 Å². The topological polar surface area (TPSA) is 237 Å². The zero-order chi connectivity index (χ0) is 42.8. The monoisotopic (exact) mass is 827 g/mol. The number of phenols is 3. The largest absolute Gasteiger partial charge is 0.507 e. The lowest BCUT2D eigenvalue weighted by Crippen LogP contribution is -2.58. The van der Waals surface area contributed by atoms with E-state index >= 15 is 0 Å². The van der Waals surface area contributed by atoms with E-state index in [2.05, 4.69) is 0 Å². The van der Waals surface area contributed by atoms with Crippen molar-refractivity contribution in [2.75, 3.05) is 21.2 Å². The third-order valence-electron chi connectivity index (χ3n) is 12.5. The van der Waals surface area contributed by atoms with E-state index in [-0.39, 0.29) is 59.8 Å². The zero-order valence-corrected chi connectivity index (χ0v) is 34.1. The van der Waals surface area contributed by atoms with Crippen molar-refractivity contribution >= 4 is 23.3 Å². The lowest BCUT2D eigenvalue weighted by atomic mass is 9.66. The van der Waals surface area contributed by atoms with Crippen molar-refractivity contribution in [3.8, 4) is 17.2 Å². The van der Waals surface area contributed by atoms with E-state index in [1.54, 1.807) is 27.7 Å². The molecule has 5 aliphatic rings. The molecule has 59 heavy (non-hydrogen) atoms. The molecule has 0 aromatic heterocycles. The number of methoxy groups -OCH3 is 1. The van der Waals surface area contributed by atoms with Gasteiger partial charge in [-0.05, 0) is 47.4 Å². The molecule has 0 saturated carbocycles. The molecular weight excluding hydrogens is 774 g/mol. The summed E-state index contributed by atoms with van der Waals surface area (Å²) in [4.78, 5) is 55.1. The Hall–Kier alpha value is -4.04. The van der Waals surface area contributed by atoms with E-state index in [1.807, 2.05) is 19.0 Å². The minimum atomic E-state index is -1.93. The molecule has 2 aromatic carbocycles. The number of carbonyl (C=O) groups excluding carboxylic acids is 4. The highest BCUT2D eigenvalue weighted by Gasteiger charge is 2.55. The molecule has 17 nitrogen and oxygen atoms in total. The molecule has 322 valence electrons. The summed E-state index contributed by atoms with van der Waals surface area (Å²) in [5, 5.41) is 57.8. The number of benzene rings is 2. The lowest BCUT2D eigenvalue weighted by Gasteiger charge is -2.48. The maximum Gasteiger partial charge on any atom is 0.316 e. The van der Waals surface area contributed by atoms with Gasteiger partial charge in [0.05, 0.1) is 53.8 Å². The van der Waals surface area contributed by atoms with Crippen molar-refractivity contribution in [1.29, 1.82) is 0 Å². The predicted molar refractivity (Wildman–Crippen MR) is 203 cm³/mol. The molecule has 5 N–H and O–H groups in total. The summed E-state index contributed by atoms with van der Waals surface area (Å²) >= 11 is 0. The molecule has 3 fully saturated rings. The van der Waals surface area contributed by atoms with Gasteiger partial charge in [-0.3, -0.25) is 19.2 Å². The molecule has 13 atom stereocenters. The van der Waals surface area contributed by atoms with E-state index in [0.717, 1.165) is 7.11 Å². The summed E-state index contributed by atoms with van der Waals surface area (Å²) in [7, 11) is 4.78. The molecule has 0 amide bonds. The molecule has 3 heterocycles. The van der Waals surface area contributed by atoms with Crippen LogP contribution in [-0.2, 0) is 42.7 Å². The number of aromatic hydroxyl groups is 3. The summed E-state index contributed by atoms with van der Waals surface area (Å²) in [6.07, 6.45) is -7.45. The number of carbonyl (C=O) groups is 4. The van der Waals surface area contributed by atoms with Crippen molar-refractivity contribution in [1.82, 2.24) is 4.90 Å². The van der Waals surface area contributed by atoms with Gasteiger partial charge in [0.25, 0.3) is 0 Å². The highest BCUT2D eigenvalue weighted by Crippen LogP contribution is 2.57. The molecule has 0 spiro atoms. The zero-order valence-electron chi connectivity index (χ0n) is 34.1. The second-order valence-electron chi connectivity index (χ2n) is 16.4. The van der Waals surface area contributed by atoms with E-state index in [9.17, 15) is 44.7 Å². The summed E-state index contributed by atoms with van der Waals surface area (Å²) in [6.45, 7) is 6.82. The van der Waals surface area contributed by atoms with Gasteiger partial charge >= 0.3 is 5.97 Å². The van der Waals surface area contributed by atoms with Crippen molar-refractivity contribution in [2.24, 2.45) is 0 Å². The number of rotatable bonds is 9. The number of ether oxygens (including phenoxy) is 7. The van der Waals surface area contributed by atoms with Crippen LogP contribution in [0.4, 0.5) is 0 Å². The molecule has 0 radical (unpaired) electrons. The lowest BCUT2D eigenvalue weighted by molar-refractivity contribution is -0.324. The number of hydrogen-bond acceptors (Lipinski definition) is 17. The van der Waals surface area contributed by atoms with Crippen LogP contribution in [0.3, 0.4) is 0 Å². The Balaban J connectivity index is 1.16. The van der Waals surface area contributed by atoms with Gasteiger partial charge in [-0.1, -0.05) is 19.1 Å². The molecule has 3 saturated heterocycles. The maximum atomic E-state index is 14.0. The molecule has 7 rings (SSSR count). The Morgan fingerprint density at radius 1 is 0.847 bits per heavy atom. The molecule has 11 unspecified atom stereocenters. The quantitative estimate of drug-likeness (QED) is 0.154. The first kappa shape index (κ1) is 43.1. The number of fused-ring (bicyclic) bond motifs is 3. The fourth-order valence-electron chi connectivity index (χ4n) is 9.36. The second-order valence-corrected chi connectivity index (χ2v) is 16.4. The molecule has 3 aliphatic heterocycles. The standard InChI is InChI=1S/C42H53NO16/c1-8-42(52)16-25(30-31(34(42)41(51)53-7)38(50)32-33(37(30)49)36(48)29-20(35(32)47)10-9-11-23(29)45)57-27-14-21(43(5)6)39(18(3)55-27)59-28-15-24(46)40(19(4)56-28)58-26-13-12-22(44)17(2)54-26/h9-11,17-19,21,24-28,34,39-40,45-46,49-50,52H,8,12-16H2,1-7H3/t17?,18?,19?,21?,24?,25?,26?,27?,28?,34-,39?,40?,42+/m0/s1. The Morgan fingerprint density at radius 3 is 2.10 bits per heavy atom. The Bertz CT molecular complexity index is 1990. The number of nitrogens with zero attached hydrogens (tertiary/aromatic N) is 1. The number of aliphatic hydroxyl groups excluding tert-OH is 1. The first-order chi connectivity index (χ1) is 27.9. The van der Waals surface area contributed by atoms with Crippen LogP contribution in [0.1, 0.15) is 121 Å². The SMILES string of the molecule is CC[C@@]1(O)CC(OC2CC(N(C)C)C(OC3CC(O)C(OC4CCC(=O)C(C)O4)C(C)O3)C(C)O2)c2c(O)c3c(c(O)c2[C@H]1C(=O)OC)C(=O)c1cccc(O)c1C3=O. The van der Waals surface area contributed by atoms with Crippen LogP contribution in [0.15, 0.2) is 18.2 Å². The van der Waals surface area contributed by atoms with Crippen LogP contribution in [0.5, 0.6) is 17.2 Å². The highest BCUT2D eigenvalue weighted by molar-refractivity contribution is 6.31. The minimum absolute atomic E-state index is 0.00418. The van der Waals surface area contributed by atoms with Crippen molar-refractivity contribution < 1.29 is 77.9 Å². The summed E-state index contributed by atoms with van der Waals surface area (Å²) in [5.41, 5.74) is -4.19. The Labute approximate surface area is 341 Å². The van der Waals surface area contributed by atoms with E-state index in [4.69, 9.17) is 33.2 Å². The molecule has 2 aromatic rings. The normalized spacial score (nSPS) is 35.9. The number of likely N-dealkylation sites (N-methyl/N-ethyl adjacent to an activating group) is 1. The number of esters is 1. The smallest absolute Gasteiger partial charge is 0.316 e. The van der Waals surface area contributed by atoms with Crippen LogP contribution in [0.2, 0.25) is 0 Å². The van der Waals surface area contributed by atoms with Gasteiger partial charge in [-0.15, -0.1) is 0 Å². The van der Waals surface area contributed by atoms with Crippen molar-refractivity contribution in [3.05, 3.63) is 51.6 Å². The van der Waals surface area contributed by atoms with Crippen LogP contribution in [0.25, 0.3) is 0 Å². The molecule has 17 heteroatoms. The van der Waals surface area contributed by atoms with Crippen LogP contribution < -0.4 is 0 Å². The first-order valence-electron chi connectivity index (χ1n) is 20.0. The fourth-order valence-corrected chi connectivity index (χ4v) is 9.36. The van der Waals surface area contributed by atoms with Crippen molar-refractivity contribution in [3.63, 3.8) is 0 Å². The second kappa shape index (κ2) is 16.4. The van der Waals surface area contributed by atoms with Crippen molar-refractivity contribution in [2.45, 2.75) is 145 Å². The average molecular weight is 828 g/mol. The third kappa shape index (κ3) is 7.54. The summed E-state index contributed by atoms with van der Waals surface area (Å²) in [5.74, 6) is -6.43. The van der Waals surface area contributed by atoms with Gasteiger partial charge < -0.3 is 63.6 Å². The number of aliphatic hydroxyl groups is 2. The van der Waals surface area contributed by atoms with Gasteiger partial charge in [0.1, 0.15) is 41.5 Å². The highest BCUT2D eigenvalue weighted by atomic mass is 16.7. The maximum absolute atomic E-state index is 14.0.